The zero-order valence-corrected chi connectivity index (χ0v) is 12.7. The first-order valence-corrected chi connectivity index (χ1v) is 5.50. The Morgan fingerprint density at radius 1 is 1.22 bits per heavy atom. The van der Waals surface area contributed by atoms with Gasteiger partial charge in [0.1, 0.15) is 6.67 Å². The van der Waals surface area contributed by atoms with E-state index in [-0.39, 0.29) is 25.5 Å². The number of halogens is 1. The molecule has 0 aliphatic rings. The molecule has 0 fully saturated rings. The average Bonchev–Trinajstić information content (AvgIpc) is 2.40. The Morgan fingerprint density at radius 3 is 2.61 bits per heavy atom. The number of rotatable bonds is 3. The molecule has 2 heterocycles. The Bertz CT molecular complexity index is 500. The fourth-order valence-corrected chi connectivity index (χ4v) is 1.71. The van der Waals surface area contributed by atoms with Gasteiger partial charge in [0.2, 0.25) is 0 Å². The van der Waals surface area contributed by atoms with E-state index in [1.807, 2.05) is 38.1 Å². The van der Waals surface area contributed by atoms with Crippen LogP contribution in [0.4, 0.5) is 4.39 Å². The van der Waals surface area contributed by atoms with Crippen LogP contribution in [0.3, 0.4) is 0 Å². The maximum absolute atomic E-state index is 12.6. The van der Waals surface area contributed by atoms with E-state index in [4.69, 9.17) is 0 Å². The van der Waals surface area contributed by atoms with E-state index in [1.165, 1.54) is 0 Å². The van der Waals surface area contributed by atoms with Crippen molar-refractivity contribution in [3.05, 3.63) is 59.7 Å². The molecule has 0 atom stereocenters. The predicted octanol–water partition coefficient (Wildman–Crippen LogP) is 3.07. The molecule has 1 radical (unpaired) electrons. The van der Waals surface area contributed by atoms with Crippen molar-refractivity contribution >= 4 is 0 Å². The summed E-state index contributed by atoms with van der Waals surface area (Å²) in [6.07, 6.45) is 4.65. The Kier molecular flexibility index (Phi) is 5.12. The van der Waals surface area contributed by atoms with Crippen molar-refractivity contribution in [3.8, 4) is 0 Å². The molecule has 0 bridgehead atoms. The smallest absolute Gasteiger partial charge is 0.131 e. The van der Waals surface area contributed by atoms with Crippen LogP contribution in [0.2, 0.25) is 0 Å². The monoisotopic (exact) mass is 422 g/mol. The molecule has 0 saturated carbocycles. The summed E-state index contributed by atoms with van der Waals surface area (Å²) >= 11 is 0. The maximum Gasteiger partial charge on any atom is 0.131 e. The summed E-state index contributed by atoms with van der Waals surface area (Å²) in [5, 5.41) is 0. The molecule has 0 aliphatic carbocycles. The van der Waals surface area contributed by atoms with Gasteiger partial charge in [-0.25, -0.2) is 4.39 Å². The van der Waals surface area contributed by atoms with Crippen molar-refractivity contribution in [2.45, 2.75) is 25.9 Å². The van der Waals surface area contributed by atoms with E-state index in [0.29, 0.717) is 5.69 Å². The number of hydrogen-bond acceptors (Lipinski definition) is 2. The minimum atomic E-state index is -0.541. The van der Waals surface area contributed by atoms with Crippen LogP contribution in [-0.4, -0.2) is 9.97 Å². The average molecular weight is 421 g/mol. The maximum atomic E-state index is 12.6. The van der Waals surface area contributed by atoms with Crippen molar-refractivity contribution in [3.63, 3.8) is 0 Å². The molecule has 0 spiro atoms. The van der Waals surface area contributed by atoms with Crippen molar-refractivity contribution in [1.82, 2.24) is 9.97 Å². The molecule has 4 heteroatoms. The summed E-state index contributed by atoms with van der Waals surface area (Å²) < 4.78 is 12.6. The van der Waals surface area contributed by atoms with Crippen LogP contribution in [0.5, 0.6) is 0 Å². The second kappa shape index (κ2) is 6.17. The molecule has 0 N–H and O–H groups in total. The van der Waals surface area contributed by atoms with E-state index >= 15 is 0 Å². The fraction of sp³-hybridized carbons (Fsp3) is 0.286. The van der Waals surface area contributed by atoms with Crippen LogP contribution in [-0.2, 0) is 32.2 Å². The molecular formula is C14H14FIrN2-. The van der Waals surface area contributed by atoms with E-state index in [1.54, 1.807) is 12.3 Å². The molecule has 0 aromatic carbocycles. The van der Waals surface area contributed by atoms with E-state index in [0.717, 1.165) is 11.3 Å². The Morgan fingerprint density at radius 2 is 2.00 bits per heavy atom. The summed E-state index contributed by atoms with van der Waals surface area (Å²) in [4.78, 5) is 8.31. The van der Waals surface area contributed by atoms with Gasteiger partial charge in [0, 0.05) is 31.2 Å². The fourth-order valence-electron chi connectivity index (χ4n) is 1.71. The van der Waals surface area contributed by atoms with Crippen molar-refractivity contribution in [1.29, 1.82) is 0 Å². The number of hydrogen-bond donors (Lipinski definition) is 0. The van der Waals surface area contributed by atoms with Gasteiger partial charge in [-0.05, 0) is 12.1 Å². The van der Waals surface area contributed by atoms with Crippen LogP contribution >= 0.6 is 0 Å². The van der Waals surface area contributed by atoms with Crippen LogP contribution in [0.25, 0.3) is 0 Å². The van der Waals surface area contributed by atoms with Gasteiger partial charge < -0.3 is 4.98 Å². The van der Waals surface area contributed by atoms with Gasteiger partial charge in [-0.2, -0.15) is 12.1 Å². The molecule has 2 rings (SSSR count). The number of pyridine rings is 2. The number of aromatic nitrogens is 2. The summed E-state index contributed by atoms with van der Waals surface area (Å²) in [5.74, 6) is 0. The topological polar surface area (TPSA) is 25.8 Å². The SMILES string of the molecule is CC(C)(c1[c-]nccc1)c1cccc(CF)n1.[Ir]. The molecule has 2 aromatic heterocycles. The van der Waals surface area contributed by atoms with E-state index < -0.39 is 6.67 Å². The first-order valence-electron chi connectivity index (χ1n) is 5.50. The van der Waals surface area contributed by atoms with Crippen molar-refractivity contribution in [2.24, 2.45) is 0 Å². The van der Waals surface area contributed by atoms with Crippen LogP contribution in [0.15, 0.2) is 36.5 Å². The standard InChI is InChI=1S/C14H14FN2.Ir/c1-14(2,11-5-4-8-16-10-11)13-7-3-6-12(9-15)17-13;/h3-8H,9H2,1-2H3;/q-1;. The predicted molar refractivity (Wildman–Crippen MR) is 64.3 cm³/mol. The van der Waals surface area contributed by atoms with E-state index in [9.17, 15) is 4.39 Å². The Hall–Kier alpha value is -1.12. The minimum absolute atomic E-state index is 0. The zero-order chi connectivity index (χ0) is 12.3. The Labute approximate surface area is 120 Å². The largest absolute Gasteiger partial charge is 0.394 e. The normalized spacial score (nSPS) is 10.8. The molecule has 0 unspecified atom stereocenters. The van der Waals surface area contributed by atoms with Gasteiger partial charge in [0.05, 0.1) is 5.69 Å². The third kappa shape index (κ3) is 3.01. The third-order valence-electron chi connectivity index (χ3n) is 2.87. The summed E-state index contributed by atoms with van der Waals surface area (Å²) in [6.45, 7) is 3.52. The quantitative estimate of drug-likeness (QED) is 0.712. The first kappa shape index (κ1) is 14.9. The molecule has 97 valence electrons. The first-order chi connectivity index (χ1) is 8.14. The van der Waals surface area contributed by atoms with Crippen molar-refractivity contribution in [2.75, 3.05) is 0 Å². The van der Waals surface area contributed by atoms with E-state index in [2.05, 4.69) is 16.2 Å². The van der Waals surface area contributed by atoms with Gasteiger partial charge in [-0.15, -0.1) is 5.56 Å². The number of nitrogens with zero attached hydrogens (tertiary/aromatic N) is 2. The third-order valence-corrected chi connectivity index (χ3v) is 2.87. The van der Waals surface area contributed by atoms with Crippen molar-refractivity contribution < 1.29 is 24.5 Å². The van der Waals surface area contributed by atoms with Gasteiger partial charge in [-0.3, -0.25) is 4.98 Å². The van der Waals surface area contributed by atoms with Crippen LogP contribution < -0.4 is 0 Å². The molecular weight excluding hydrogens is 407 g/mol. The summed E-state index contributed by atoms with van der Waals surface area (Å²) in [5.41, 5.74) is 1.92. The van der Waals surface area contributed by atoms with Crippen LogP contribution in [0.1, 0.15) is 30.8 Å². The molecule has 0 amide bonds. The molecule has 2 nitrogen and oxygen atoms in total. The van der Waals surface area contributed by atoms with Crippen LogP contribution in [0, 0.1) is 6.20 Å². The van der Waals surface area contributed by atoms with Gasteiger partial charge >= 0.3 is 0 Å². The molecule has 2 aromatic rings. The van der Waals surface area contributed by atoms with Gasteiger partial charge in [0.15, 0.2) is 0 Å². The second-order valence-electron chi connectivity index (χ2n) is 4.44. The minimum Gasteiger partial charge on any atom is -0.394 e. The second-order valence-corrected chi connectivity index (χ2v) is 4.44. The van der Waals surface area contributed by atoms with Gasteiger partial charge in [0.25, 0.3) is 0 Å². The molecule has 18 heavy (non-hydrogen) atoms. The zero-order valence-electron chi connectivity index (χ0n) is 10.3. The molecule has 0 saturated heterocycles. The summed E-state index contributed by atoms with van der Waals surface area (Å²) in [6, 6.07) is 9.24. The summed E-state index contributed by atoms with van der Waals surface area (Å²) in [7, 11) is 0. The van der Waals surface area contributed by atoms with Gasteiger partial charge in [-0.1, -0.05) is 32.3 Å². The molecule has 0 aliphatic heterocycles. The Balaban J connectivity index is 0.00000162. The number of alkyl halides is 1.